The van der Waals surface area contributed by atoms with E-state index in [1.807, 2.05) is 17.1 Å². The Hall–Kier alpha value is -0.943. The van der Waals surface area contributed by atoms with Crippen LogP contribution in [0.1, 0.15) is 87.0 Å². The van der Waals surface area contributed by atoms with Crippen LogP contribution in [0.25, 0.3) is 0 Å². The lowest BCUT2D eigenvalue weighted by atomic mass is 10.1. The van der Waals surface area contributed by atoms with Crippen molar-refractivity contribution in [2.75, 3.05) is 13.1 Å². The molecule has 28 heavy (non-hydrogen) atoms. The molecule has 5 heteroatoms. The number of hydrogen-bond acceptors (Lipinski definition) is 3. The van der Waals surface area contributed by atoms with E-state index in [0.717, 1.165) is 19.4 Å². The van der Waals surface area contributed by atoms with E-state index in [1.54, 1.807) is 0 Å². The summed E-state index contributed by atoms with van der Waals surface area (Å²) in [4.78, 5) is 26.5. The van der Waals surface area contributed by atoms with Gasteiger partial charge < -0.3 is 9.33 Å². The Labute approximate surface area is 174 Å². The number of carbonyl (C=O) groups excluding carboxylic acids is 2. The van der Waals surface area contributed by atoms with Gasteiger partial charge in [-0.3, -0.25) is 9.59 Å². The highest BCUT2D eigenvalue weighted by molar-refractivity contribution is 6.77. The standard InChI is InChI=1S/C23H43NO3Si/c1-8-9-10-12-21(25)14-15-22(17-24-16-11-13-23(24)26)27-28(18(2)3,19(4)5)20(6)7/h9-10,18-20,22H,8,11-17H2,1-7H3/b10-9+. The zero-order chi connectivity index (χ0) is 21.3. The molecule has 1 fully saturated rings. The predicted octanol–water partition coefficient (Wildman–Crippen LogP) is 5.88. The van der Waals surface area contributed by atoms with Gasteiger partial charge in [-0.25, -0.2) is 0 Å². The van der Waals surface area contributed by atoms with Crippen LogP contribution in [0.15, 0.2) is 12.2 Å². The normalized spacial score (nSPS) is 16.9. The molecule has 1 aliphatic rings. The van der Waals surface area contributed by atoms with Crippen molar-refractivity contribution < 1.29 is 14.0 Å². The molecule has 0 spiro atoms. The van der Waals surface area contributed by atoms with E-state index >= 15 is 0 Å². The minimum atomic E-state index is -2.05. The molecule has 1 amide bonds. The van der Waals surface area contributed by atoms with Crippen molar-refractivity contribution in [1.82, 2.24) is 4.90 Å². The molecule has 1 atom stereocenters. The molecule has 0 aromatic heterocycles. The topological polar surface area (TPSA) is 46.6 Å². The average molecular weight is 410 g/mol. The third-order valence-electron chi connectivity index (χ3n) is 6.17. The van der Waals surface area contributed by atoms with Gasteiger partial charge >= 0.3 is 0 Å². The molecule has 1 aliphatic heterocycles. The third kappa shape index (κ3) is 6.84. The monoisotopic (exact) mass is 409 g/mol. The molecule has 0 bridgehead atoms. The number of likely N-dealkylation sites (tertiary alicyclic amines) is 1. The Balaban J connectivity index is 2.93. The van der Waals surface area contributed by atoms with Crippen LogP contribution >= 0.6 is 0 Å². The second-order valence-electron chi connectivity index (χ2n) is 9.16. The van der Waals surface area contributed by atoms with E-state index in [9.17, 15) is 9.59 Å². The Bertz CT molecular complexity index is 506. The summed E-state index contributed by atoms with van der Waals surface area (Å²) < 4.78 is 6.98. The highest BCUT2D eigenvalue weighted by atomic mass is 28.4. The summed E-state index contributed by atoms with van der Waals surface area (Å²) in [6.45, 7) is 17.2. The predicted molar refractivity (Wildman–Crippen MR) is 120 cm³/mol. The van der Waals surface area contributed by atoms with Gasteiger partial charge in [0, 0.05) is 32.4 Å². The second kappa shape index (κ2) is 11.9. The van der Waals surface area contributed by atoms with Crippen LogP contribution < -0.4 is 0 Å². The maximum absolute atomic E-state index is 12.3. The molecule has 0 aromatic carbocycles. The Morgan fingerprint density at radius 3 is 2.18 bits per heavy atom. The molecule has 1 heterocycles. The summed E-state index contributed by atoms with van der Waals surface area (Å²) >= 11 is 0. The minimum Gasteiger partial charge on any atom is -0.411 e. The highest BCUT2D eigenvalue weighted by Crippen LogP contribution is 2.43. The first-order valence-corrected chi connectivity index (χ1v) is 13.4. The molecule has 1 rings (SSSR count). The number of rotatable bonds is 13. The first-order valence-electron chi connectivity index (χ1n) is 11.3. The lowest BCUT2D eigenvalue weighted by molar-refractivity contribution is -0.128. The van der Waals surface area contributed by atoms with Gasteiger partial charge in [-0.15, -0.1) is 0 Å². The van der Waals surface area contributed by atoms with E-state index in [-0.39, 0.29) is 17.8 Å². The van der Waals surface area contributed by atoms with Crippen LogP contribution in [0.3, 0.4) is 0 Å². The number of hydrogen-bond donors (Lipinski definition) is 0. The van der Waals surface area contributed by atoms with E-state index in [1.165, 1.54) is 0 Å². The van der Waals surface area contributed by atoms with Crippen LogP contribution in [-0.4, -0.2) is 44.1 Å². The molecule has 0 radical (unpaired) electrons. The van der Waals surface area contributed by atoms with Crippen molar-refractivity contribution in [2.45, 2.75) is 110 Å². The quantitative estimate of drug-likeness (QED) is 0.282. The van der Waals surface area contributed by atoms with Crippen molar-refractivity contribution in [2.24, 2.45) is 0 Å². The number of amides is 1. The van der Waals surface area contributed by atoms with Gasteiger partial charge in [-0.05, 0) is 35.9 Å². The maximum Gasteiger partial charge on any atom is 0.222 e. The van der Waals surface area contributed by atoms with Crippen molar-refractivity contribution in [3.63, 3.8) is 0 Å². The fourth-order valence-electron chi connectivity index (χ4n) is 4.83. The van der Waals surface area contributed by atoms with Crippen LogP contribution in [0.2, 0.25) is 16.6 Å². The minimum absolute atomic E-state index is 0.0416. The van der Waals surface area contributed by atoms with Gasteiger partial charge in [0.1, 0.15) is 5.78 Å². The Kier molecular flexibility index (Phi) is 10.7. The molecule has 0 N–H and O–H groups in total. The highest BCUT2D eigenvalue weighted by Gasteiger charge is 2.46. The summed E-state index contributed by atoms with van der Waals surface area (Å²) in [5.74, 6) is 0.494. The van der Waals surface area contributed by atoms with Crippen molar-refractivity contribution in [3.8, 4) is 0 Å². The largest absolute Gasteiger partial charge is 0.411 e. The second-order valence-corrected chi connectivity index (χ2v) is 14.6. The number of carbonyl (C=O) groups is 2. The fourth-order valence-corrected chi connectivity index (χ4v) is 10.4. The third-order valence-corrected chi connectivity index (χ3v) is 12.3. The summed E-state index contributed by atoms with van der Waals surface area (Å²) in [6, 6.07) is 0. The molecule has 0 saturated carbocycles. The van der Waals surface area contributed by atoms with Gasteiger partial charge in [-0.2, -0.15) is 0 Å². The lowest BCUT2D eigenvalue weighted by Crippen LogP contribution is -2.52. The van der Waals surface area contributed by atoms with Gasteiger partial charge in [0.15, 0.2) is 0 Å². The van der Waals surface area contributed by atoms with E-state index < -0.39 is 8.32 Å². The molecular weight excluding hydrogens is 366 g/mol. The van der Waals surface area contributed by atoms with Crippen LogP contribution in [0.4, 0.5) is 0 Å². The van der Waals surface area contributed by atoms with Gasteiger partial charge in [0.25, 0.3) is 0 Å². The van der Waals surface area contributed by atoms with Crippen LogP contribution in [0.5, 0.6) is 0 Å². The van der Waals surface area contributed by atoms with Crippen LogP contribution in [0, 0.1) is 0 Å². The summed E-state index contributed by atoms with van der Waals surface area (Å²) in [6.07, 6.45) is 8.26. The average Bonchev–Trinajstić information content (AvgIpc) is 3.01. The maximum atomic E-state index is 12.3. The molecule has 0 aromatic rings. The number of nitrogens with zero attached hydrogens (tertiary/aromatic N) is 1. The first-order chi connectivity index (χ1) is 13.1. The van der Waals surface area contributed by atoms with Gasteiger partial charge in [0.2, 0.25) is 14.2 Å². The first kappa shape index (κ1) is 25.1. The van der Waals surface area contributed by atoms with Crippen molar-refractivity contribution >= 4 is 20.0 Å². The molecule has 1 saturated heterocycles. The fraction of sp³-hybridized carbons (Fsp3) is 0.826. The lowest BCUT2D eigenvalue weighted by Gasteiger charge is -2.45. The summed E-state index contributed by atoms with van der Waals surface area (Å²) in [5, 5.41) is 0. The summed E-state index contributed by atoms with van der Waals surface area (Å²) in [7, 11) is -2.05. The molecule has 4 nitrogen and oxygen atoms in total. The molecule has 0 aliphatic carbocycles. The summed E-state index contributed by atoms with van der Waals surface area (Å²) in [5.41, 5.74) is 1.48. The molecule has 1 unspecified atom stereocenters. The van der Waals surface area contributed by atoms with E-state index in [0.29, 0.717) is 48.9 Å². The van der Waals surface area contributed by atoms with Gasteiger partial charge in [0.05, 0.1) is 6.10 Å². The van der Waals surface area contributed by atoms with E-state index in [4.69, 9.17) is 4.43 Å². The van der Waals surface area contributed by atoms with Gasteiger partial charge in [-0.1, -0.05) is 60.6 Å². The SMILES string of the molecule is CC/C=C/CC(=O)CCC(CN1CCCC1=O)O[Si](C(C)C)(C(C)C)C(C)C. The zero-order valence-corrected chi connectivity index (χ0v) is 20.3. The molecular formula is C23H43NO3Si. The van der Waals surface area contributed by atoms with Crippen LogP contribution in [-0.2, 0) is 14.0 Å². The zero-order valence-electron chi connectivity index (χ0n) is 19.3. The van der Waals surface area contributed by atoms with Crippen molar-refractivity contribution in [3.05, 3.63) is 12.2 Å². The Morgan fingerprint density at radius 1 is 1.11 bits per heavy atom. The Morgan fingerprint density at radius 2 is 1.71 bits per heavy atom. The van der Waals surface area contributed by atoms with E-state index in [2.05, 4.69) is 48.5 Å². The molecule has 162 valence electrons. The van der Waals surface area contributed by atoms with Crippen molar-refractivity contribution in [1.29, 1.82) is 0 Å². The number of allylic oxidation sites excluding steroid dienone is 2. The smallest absolute Gasteiger partial charge is 0.222 e. The number of ketones is 1. The number of Topliss-reactive ketones (excluding diaryl/α,β-unsaturated/α-hetero) is 1.